The highest BCUT2D eigenvalue weighted by Crippen LogP contribution is 2.23. The molecule has 1 aromatic heterocycles. The second-order valence-corrected chi connectivity index (χ2v) is 4.95. The number of nitrogens with two attached hydrogens (primary N) is 1. The largest absolute Gasteiger partial charge is 0.487 e. The van der Waals surface area contributed by atoms with Gasteiger partial charge in [0.05, 0.1) is 13.1 Å². The molecule has 1 aliphatic rings. The van der Waals surface area contributed by atoms with Gasteiger partial charge in [-0.25, -0.2) is 9.97 Å². The van der Waals surface area contributed by atoms with Crippen LogP contribution in [-0.2, 0) is 6.42 Å². The average molecular weight is 270 g/mol. The van der Waals surface area contributed by atoms with E-state index in [1.807, 2.05) is 12.1 Å². The number of ether oxygens (including phenoxy) is 1. The fourth-order valence-electron chi connectivity index (χ4n) is 2.27. The zero-order valence-corrected chi connectivity index (χ0v) is 11.5. The van der Waals surface area contributed by atoms with Crippen molar-refractivity contribution in [2.45, 2.75) is 19.4 Å². The zero-order valence-electron chi connectivity index (χ0n) is 11.5. The standard InChI is InChI=1S/C15H18N4O/c1-2-11-4-3-5-12(6-11)20-13-8-19(9-13)15-7-14(16)17-10-18-15/h3-7,10,13H,2,8-9H2,1H3,(H2,16,17,18). The summed E-state index contributed by atoms with van der Waals surface area (Å²) in [5, 5.41) is 0. The van der Waals surface area contributed by atoms with E-state index in [0.29, 0.717) is 5.82 Å². The Balaban J connectivity index is 1.58. The normalized spacial score (nSPS) is 14.9. The topological polar surface area (TPSA) is 64.3 Å². The third kappa shape index (κ3) is 2.66. The molecule has 1 aliphatic heterocycles. The van der Waals surface area contributed by atoms with E-state index in [2.05, 4.69) is 33.9 Å². The summed E-state index contributed by atoms with van der Waals surface area (Å²) < 4.78 is 5.96. The van der Waals surface area contributed by atoms with Gasteiger partial charge in [0.25, 0.3) is 0 Å². The molecule has 1 aromatic carbocycles. The monoisotopic (exact) mass is 270 g/mol. The summed E-state index contributed by atoms with van der Waals surface area (Å²) in [7, 11) is 0. The average Bonchev–Trinajstić information content (AvgIpc) is 2.42. The first-order valence-corrected chi connectivity index (χ1v) is 6.82. The van der Waals surface area contributed by atoms with Gasteiger partial charge in [-0.3, -0.25) is 0 Å². The summed E-state index contributed by atoms with van der Waals surface area (Å²) in [6, 6.07) is 10.0. The second-order valence-electron chi connectivity index (χ2n) is 4.95. The van der Waals surface area contributed by atoms with Crippen molar-refractivity contribution in [3.8, 4) is 5.75 Å². The first kappa shape index (κ1) is 12.7. The van der Waals surface area contributed by atoms with E-state index in [1.165, 1.54) is 11.9 Å². The van der Waals surface area contributed by atoms with Crippen LogP contribution in [0.2, 0.25) is 0 Å². The lowest BCUT2D eigenvalue weighted by Crippen LogP contribution is -2.54. The van der Waals surface area contributed by atoms with Crippen molar-refractivity contribution in [3.05, 3.63) is 42.2 Å². The maximum Gasteiger partial charge on any atom is 0.134 e. The number of hydrogen-bond acceptors (Lipinski definition) is 5. The van der Waals surface area contributed by atoms with E-state index in [4.69, 9.17) is 10.5 Å². The van der Waals surface area contributed by atoms with E-state index >= 15 is 0 Å². The van der Waals surface area contributed by atoms with Gasteiger partial charge in [0.2, 0.25) is 0 Å². The SMILES string of the molecule is CCc1cccc(OC2CN(c3cc(N)ncn3)C2)c1. The van der Waals surface area contributed by atoms with Crippen molar-refractivity contribution in [2.24, 2.45) is 0 Å². The zero-order chi connectivity index (χ0) is 13.9. The van der Waals surface area contributed by atoms with Crippen LogP contribution in [0.3, 0.4) is 0 Å². The van der Waals surface area contributed by atoms with E-state index in [1.54, 1.807) is 6.07 Å². The molecule has 20 heavy (non-hydrogen) atoms. The van der Waals surface area contributed by atoms with Gasteiger partial charge in [0.15, 0.2) is 0 Å². The Bertz CT molecular complexity index is 596. The van der Waals surface area contributed by atoms with E-state index < -0.39 is 0 Å². The Labute approximate surface area is 118 Å². The maximum absolute atomic E-state index is 5.96. The van der Waals surface area contributed by atoms with Crippen molar-refractivity contribution >= 4 is 11.6 Å². The van der Waals surface area contributed by atoms with E-state index in [0.717, 1.165) is 31.1 Å². The number of benzene rings is 1. The van der Waals surface area contributed by atoms with Gasteiger partial charge in [-0.1, -0.05) is 19.1 Å². The highest BCUT2D eigenvalue weighted by Gasteiger charge is 2.29. The lowest BCUT2D eigenvalue weighted by molar-refractivity contribution is 0.166. The van der Waals surface area contributed by atoms with E-state index in [9.17, 15) is 0 Å². The van der Waals surface area contributed by atoms with Gasteiger partial charge in [0.1, 0.15) is 29.8 Å². The summed E-state index contributed by atoms with van der Waals surface area (Å²) in [6.07, 6.45) is 2.72. The first-order valence-electron chi connectivity index (χ1n) is 6.82. The molecule has 0 aliphatic carbocycles. The van der Waals surface area contributed by atoms with Crippen LogP contribution in [0, 0.1) is 0 Å². The van der Waals surface area contributed by atoms with Crippen molar-refractivity contribution in [3.63, 3.8) is 0 Å². The van der Waals surface area contributed by atoms with Crippen LogP contribution in [0.15, 0.2) is 36.7 Å². The number of aryl methyl sites for hydroxylation is 1. The molecule has 1 fully saturated rings. The minimum absolute atomic E-state index is 0.207. The molecule has 0 spiro atoms. The number of nitrogen functional groups attached to an aromatic ring is 1. The molecule has 2 heterocycles. The molecule has 1 saturated heterocycles. The number of hydrogen-bond donors (Lipinski definition) is 1. The smallest absolute Gasteiger partial charge is 0.134 e. The summed E-state index contributed by atoms with van der Waals surface area (Å²) in [5.74, 6) is 2.30. The summed E-state index contributed by atoms with van der Waals surface area (Å²) >= 11 is 0. The summed E-state index contributed by atoms with van der Waals surface area (Å²) in [6.45, 7) is 3.79. The molecule has 2 aromatic rings. The molecular formula is C15H18N4O. The van der Waals surface area contributed by atoms with Gasteiger partial charge < -0.3 is 15.4 Å². The van der Waals surface area contributed by atoms with Gasteiger partial charge in [-0.05, 0) is 24.1 Å². The number of rotatable bonds is 4. The molecule has 0 saturated carbocycles. The van der Waals surface area contributed by atoms with Gasteiger partial charge in [-0.2, -0.15) is 0 Å². The molecule has 3 rings (SSSR count). The van der Waals surface area contributed by atoms with Gasteiger partial charge in [-0.15, -0.1) is 0 Å². The van der Waals surface area contributed by atoms with Crippen molar-refractivity contribution in [1.82, 2.24) is 9.97 Å². The van der Waals surface area contributed by atoms with Crippen molar-refractivity contribution in [2.75, 3.05) is 23.7 Å². The molecule has 0 bridgehead atoms. The number of anilines is 2. The molecule has 104 valence electrons. The molecule has 2 N–H and O–H groups in total. The first-order chi connectivity index (χ1) is 9.74. The Morgan fingerprint density at radius 3 is 2.90 bits per heavy atom. The summed E-state index contributed by atoms with van der Waals surface area (Å²) in [5.41, 5.74) is 6.95. The predicted octanol–water partition coefficient (Wildman–Crippen LogP) is 1.89. The minimum Gasteiger partial charge on any atom is -0.487 e. The second kappa shape index (κ2) is 5.36. The highest BCUT2D eigenvalue weighted by atomic mass is 16.5. The number of aromatic nitrogens is 2. The van der Waals surface area contributed by atoms with Crippen LogP contribution in [0.1, 0.15) is 12.5 Å². The third-order valence-corrected chi connectivity index (χ3v) is 3.46. The third-order valence-electron chi connectivity index (χ3n) is 3.46. The van der Waals surface area contributed by atoms with Crippen LogP contribution in [0.25, 0.3) is 0 Å². The fraction of sp³-hybridized carbons (Fsp3) is 0.333. The van der Waals surface area contributed by atoms with Gasteiger partial charge in [0, 0.05) is 6.07 Å². The minimum atomic E-state index is 0.207. The van der Waals surface area contributed by atoms with Crippen molar-refractivity contribution in [1.29, 1.82) is 0 Å². The Morgan fingerprint density at radius 1 is 1.30 bits per heavy atom. The molecule has 0 radical (unpaired) electrons. The van der Waals surface area contributed by atoms with E-state index in [-0.39, 0.29) is 6.10 Å². The molecular weight excluding hydrogens is 252 g/mol. The highest BCUT2D eigenvalue weighted by molar-refractivity contribution is 5.48. The van der Waals surface area contributed by atoms with Crippen LogP contribution < -0.4 is 15.4 Å². The maximum atomic E-state index is 5.96. The molecule has 5 nitrogen and oxygen atoms in total. The van der Waals surface area contributed by atoms with Crippen LogP contribution >= 0.6 is 0 Å². The van der Waals surface area contributed by atoms with Crippen LogP contribution in [0.5, 0.6) is 5.75 Å². The Hall–Kier alpha value is -2.30. The lowest BCUT2D eigenvalue weighted by atomic mass is 10.1. The lowest BCUT2D eigenvalue weighted by Gasteiger charge is -2.39. The van der Waals surface area contributed by atoms with Gasteiger partial charge >= 0.3 is 0 Å². The van der Waals surface area contributed by atoms with Crippen molar-refractivity contribution < 1.29 is 4.74 Å². The Morgan fingerprint density at radius 2 is 2.15 bits per heavy atom. The van der Waals surface area contributed by atoms with Crippen LogP contribution in [0.4, 0.5) is 11.6 Å². The Kier molecular flexibility index (Phi) is 3.41. The summed E-state index contributed by atoms with van der Waals surface area (Å²) in [4.78, 5) is 10.2. The quantitative estimate of drug-likeness (QED) is 0.919. The number of nitrogens with zero attached hydrogens (tertiary/aromatic N) is 3. The predicted molar refractivity (Wildman–Crippen MR) is 78.9 cm³/mol. The molecule has 0 amide bonds. The fourth-order valence-corrected chi connectivity index (χ4v) is 2.27. The molecule has 0 atom stereocenters. The molecule has 0 unspecified atom stereocenters. The molecule has 5 heteroatoms. The van der Waals surface area contributed by atoms with Crippen LogP contribution in [-0.4, -0.2) is 29.2 Å².